The third-order valence-electron chi connectivity index (χ3n) is 7.35. The van der Waals surface area contributed by atoms with Gasteiger partial charge in [-0.05, 0) is 69.0 Å². The summed E-state index contributed by atoms with van der Waals surface area (Å²) in [6.45, 7) is 7.86. The van der Waals surface area contributed by atoms with Gasteiger partial charge in [-0.3, -0.25) is 19.8 Å². The van der Waals surface area contributed by atoms with Crippen molar-refractivity contribution in [3.05, 3.63) is 106 Å². The topological polar surface area (TPSA) is 78.7 Å². The van der Waals surface area contributed by atoms with Crippen molar-refractivity contribution in [2.24, 2.45) is 5.92 Å². The highest BCUT2D eigenvalue weighted by atomic mass is 16.6. The van der Waals surface area contributed by atoms with E-state index in [4.69, 9.17) is 0 Å². The molecule has 7 heteroatoms. The number of anilines is 1. The summed E-state index contributed by atoms with van der Waals surface area (Å²) in [5.74, 6) is -0.0481. The van der Waals surface area contributed by atoms with Crippen molar-refractivity contribution < 1.29 is 9.72 Å². The van der Waals surface area contributed by atoms with Crippen LogP contribution in [0.4, 0.5) is 11.4 Å². The van der Waals surface area contributed by atoms with Gasteiger partial charge in [0.2, 0.25) is 0 Å². The Kier molecular flexibility index (Phi) is 8.90. The van der Waals surface area contributed by atoms with Crippen molar-refractivity contribution in [3.63, 3.8) is 0 Å². The van der Waals surface area contributed by atoms with Crippen molar-refractivity contribution in [3.8, 4) is 0 Å². The second-order valence-electron chi connectivity index (χ2n) is 9.54. The fourth-order valence-electron chi connectivity index (χ4n) is 5.28. The van der Waals surface area contributed by atoms with Crippen molar-refractivity contribution >= 4 is 17.3 Å². The summed E-state index contributed by atoms with van der Waals surface area (Å²) in [5.41, 5.74) is 3.28. The summed E-state index contributed by atoms with van der Waals surface area (Å²) in [4.78, 5) is 28.7. The summed E-state index contributed by atoms with van der Waals surface area (Å²) in [6.07, 6.45) is 1.92. The lowest BCUT2D eigenvalue weighted by molar-refractivity contribution is -0.385. The second-order valence-corrected chi connectivity index (χ2v) is 9.54. The molecule has 0 unspecified atom stereocenters. The van der Waals surface area contributed by atoms with Gasteiger partial charge < -0.3 is 10.2 Å². The normalized spacial score (nSPS) is 14.5. The molecule has 1 fully saturated rings. The van der Waals surface area contributed by atoms with Crippen LogP contribution < -0.4 is 10.2 Å². The number of carbonyl (C=O) groups is 1. The second kappa shape index (κ2) is 12.5. The van der Waals surface area contributed by atoms with E-state index in [0.29, 0.717) is 12.5 Å². The summed E-state index contributed by atoms with van der Waals surface area (Å²) >= 11 is 0. The number of likely N-dealkylation sites (tertiary alicyclic amines) is 1. The standard InChI is InChI=1S/C30H36N4O3/c1-3-32(4-2)26-15-16-27(28(21-26)34(36)37)30(35)31-22-23-17-19-33(20-18-23)29(24-11-7-5-8-12-24)25-13-9-6-10-14-25/h5-16,21,23,29H,3-4,17-20,22H2,1-2H3,(H,31,35). The highest BCUT2D eigenvalue weighted by molar-refractivity contribution is 5.98. The number of carbonyl (C=O) groups excluding carboxylic acids is 1. The average Bonchev–Trinajstić information content (AvgIpc) is 2.94. The average molecular weight is 501 g/mol. The minimum atomic E-state index is -0.465. The predicted octanol–water partition coefficient (Wildman–Crippen LogP) is 5.67. The first-order valence-corrected chi connectivity index (χ1v) is 13.2. The number of benzene rings is 3. The Balaban J connectivity index is 1.39. The monoisotopic (exact) mass is 500 g/mol. The molecule has 1 N–H and O–H groups in total. The molecule has 0 radical (unpaired) electrons. The van der Waals surface area contributed by atoms with Crippen LogP contribution in [0.1, 0.15) is 54.2 Å². The number of nitrogens with one attached hydrogen (secondary N) is 1. The van der Waals surface area contributed by atoms with E-state index < -0.39 is 4.92 Å². The molecule has 0 saturated carbocycles. The predicted molar refractivity (Wildman–Crippen MR) is 148 cm³/mol. The fraction of sp³-hybridized carbons (Fsp3) is 0.367. The van der Waals surface area contributed by atoms with E-state index in [1.54, 1.807) is 12.1 Å². The molecule has 3 aromatic rings. The number of amides is 1. The molecule has 194 valence electrons. The number of nitro benzene ring substituents is 1. The Morgan fingerprint density at radius 3 is 2.05 bits per heavy atom. The third-order valence-corrected chi connectivity index (χ3v) is 7.35. The van der Waals surface area contributed by atoms with Crippen LogP contribution in [-0.4, -0.2) is 48.5 Å². The van der Waals surface area contributed by atoms with E-state index in [2.05, 4.69) is 58.7 Å². The van der Waals surface area contributed by atoms with Crippen LogP contribution in [-0.2, 0) is 0 Å². The van der Waals surface area contributed by atoms with E-state index in [1.165, 1.54) is 17.2 Å². The summed E-state index contributed by atoms with van der Waals surface area (Å²) < 4.78 is 0. The zero-order chi connectivity index (χ0) is 26.2. The number of hydrogen-bond donors (Lipinski definition) is 1. The van der Waals surface area contributed by atoms with Gasteiger partial charge in [0, 0.05) is 31.4 Å². The van der Waals surface area contributed by atoms with Gasteiger partial charge in [-0.25, -0.2) is 0 Å². The maximum atomic E-state index is 12.9. The maximum absolute atomic E-state index is 12.9. The molecule has 0 aliphatic carbocycles. The first kappa shape index (κ1) is 26.4. The number of piperidine rings is 1. The van der Waals surface area contributed by atoms with Crippen LogP contribution in [0.15, 0.2) is 78.9 Å². The van der Waals surface area contributed by atoms with Crippen LogP contribution >= 0.6 is 0 Å². The molecule has 7 nitrogen and oxygen atoms in total. The molecule has 1 saturated heterocycles. The van der Waals surface area contributed by atoms with E-state index in [1.807, 2.05) is 30.9 Å². The van der Waals surface area contributed by atoms with E-state index in [9.17, 15) is 14.9 Å². The van der Waals surface area contributed by atoms with Gasteiger partial charge >= 0.3 is 0 Å². The number of rotatable bonds is 10. The van der Waals surface area contributed by atoms with Crippen molar-refractivity contribution in [1.29, 1.82) is 0 Å². The molecule has 0 bridgehead atoms. The van der Waals surface area contributed by atoms with Gasteiger partial charge in [0.15, 0.2) is 0 Å². The smallest absolute Gasteiger partial charge is 0.284 e. The van der Waals surface area contributed by atoms with Crippen LogP contribution in [0.5, 0.6) is 0 Å². The van der Waals surface area contributed by atoms with Crippen LogP contribution in [0.3, 0.4) is 0 Å². The molecule has 0 aromatic heterocycles. The Labute approximate surface area is 219 Å². The lowest BCUT2D eigenvalue weighted by Gasteiger charge is -2.38. The molecular formula is C30H36N4O3. The molecule has 37 heavy (non-hydrogen) atoms. The summed E-state index contributed by atoms with van der Waals surface area (Å²) in [5, 5.41) is 14.7. The Bertz CT molecular complexity index is 1130. The highest BCUT2D eigenvalue weighted by Crippen LogP contribution is 2.32. The number of nitro groups is 1. The van der Waals surface area contributed by atoms with Crippen LogP contribution in [0.25, 0.3) is 0 Å². The minimum Gasteiger partial charge on any atom is -0.372 e. The third kappa shape index (κ3) is 6.35. The number of nitrogens with zero attached hydrogens (tertiary/aromatic N) is 3. The van der Waals surface area contributed by atoms with Gasteiger partial charge in [-0.15, -0.1) is 0 Å². The Morgan fingerprint density at radius 1 is 0.973 bits per heavy atom. The zero-order valence-electron chi connectivity index (χ0n) is 21.7. The molecule has 3 aromatic carbocycles. The quantitative estimate of drug-likeness (QED) is 0.287. The lowest BCUT2D eigenvalue weighted by atomic mass is 9.91. The van der Waals surface area contributed by atoms with Gasteiger partial charge in [0.25, 0.3) is 11.6 Å². The number of hydrogen-bond acceptors (Lipinski definition) is 5. The van der Waals surface area contributed by atoms with E-state index >= 15 is 0 Å². The van der Waals surface area contributed by atoms with Gasteiger partial charge in [0.1, 0.15) is 5.56 Å². The first-order chi connectivity index (χ1) is 18.0. The summed E-state index contributed by atoms with van der Waals surface area (Å²) in [6, 6.07) is 26.2. The Morgan fingerprint density at radius 2 is 1.54 bits per heavy atom. The first-order valence-electron chi connectivity index (χ1n) is 13.2. The molecule has 1 aliphatic heterocycles. The molecule has 0 spiro atoms. The summed E-state index contributed by atoms with van der Waals surface area (Å²) in [7, 11) is 0. The fourth-order valence-corrected chi connectivity index (χ4v) is 5.28. The highest BCUT2D eigenvalue weighted by Gasteiger charge is 2.28. The maximum Gasteiger partial charge on any atom is 0.284 e. The van der Waals surface area contributed by atoms with Gasteiger partial charge in [0.05, 0.1) is 11.0 Å². The van der Waals surface area contributed by atoms with Gasteiger partial charge in [-0.2, -0.15) is 0 Å². The van der Waals surface area contributed by atoms with Crippen LogP contribution in [0.2, 0.25) is 0 Å². The Hall–Kier alpha value is -3.71. The molecular weight excluding hydrogens is 464 g/mol. The zero-order valence-corrected chi connectivity index (χ0v) is 21.7. The van der Waals surface area contributed by atoms with Gasteiger partial charge in [-0.1, -0.05) is 60.7 Å². The van der Waals surface area contributed by atoms with Crippen molar-refractivity contribution in [1.82, 2.24) is 10.2 Å². The largest absolute Gasteiger partial charge is 0.372 e. The van der Waals surface area contributed by atoms with Crippen molar-refractivity contribution in [2.45, 2.75) is 32.7 Å². The van der Waals surface area contributed by atoms with E-state index in [-0.39, 0.29) is 23.2 Å². The molecule has 1 heterocycles. The van der Waals surface area contributed by atoms with Crippen LogP contribution in [0, 0.1) is 16.0 Å². The molecule has 1 aliphatic rings. The lowest BCUT2D eigenvalue weighted by Crippen LogP contribution is -2.40. The SMILES string of the molecule is CCN(CC)c1ccc(C(=O)NCC2CCN(C(c3ccccc3)c3ccccc3)CC2)c([N+](=O)[O-])c1. The molecule has 4 rings (SSSR count). The van der Waals surface area contributed by atoms with E-state index in [0.717, 1.165) is 44.7 Å². The molecule has 0 atom stereocenters. The van der Waals surface area contributed by atoms with Crippen molar-refractivity contribution in [2.75, 3.05) is 37.6 Å². The minimum absolute atomic E-state index is 0.117. The molecule has 1 amide bonds.